The molecule has 0 spiro atoms. The van der Waals surface area contributed by atoms with Crippen molar-refractivity contribution in [3.8, 4) is 0 Å². The number of carbonyl (C=O) groups excluding carboxylic acids is 1. The van der Waals surface area contributed by atoms with Crippen molar-refractivity contribution in [2.24, 2.45) is 5.73 Å². The number of carboxylic acid groups (broad SMARTS) is 1. The number of aromatic amines is 1. The van der Waals surface area contributed by atoms with Crippen LogP contribution >= 0.6 is 23.5 Å². The lowest BCUT2D eigenvalue weighted by molar-refractivity contribution is -0.148. The first-order valence-corrected chi connectivity index (χ1v) is 12.6. The van der Waals surface area contributed by atoms with E-state index in [4.69, 9.17) is 5.73 Å². The molecule has 30 heavy (non-hydrogen) atoms. The molecule has 0 aliphatic carbocycles. The maximum atomic E-state index is 12.5. The van der Waals surface area contributed by atoms with E-state index in [1.807, 2.05) is 0 Å². The first-order valence-electron chi connectivity index (χ1n) is 8.98. The topological polar surface area (TPSA) is 184 Å². The summed E-state index contributed by atoms with van der Waals surface area (Å²) in [5.74, 6) is -1.67. The molecule has 0 aromatic carbocycles. The highest BCUT2D eigenvalue weighted by atomic mass is 32.2. The minimum absolute atomic E-state index is 0.0933. The minimum atomic E-state index is -3.62. The summed E-state index contributed by atoms with van der Waals surface area (Å²) in [7, 11) is -3.62. The third-order valence-electron chi connectivity index (χ3n) is 4.31. The van der Waals surface area contributed by atoms with Crippen LogP contribution < -0.4 is 10.5 Å². The van der Waals surface area contributed by atoms with Gasteiger partial charge in [0.05, 0.1) is 5.75 Å². The molecule has 0 bridgehead atoms. The van der Waals surface area contributed by atoms with Crippen LogP contribution in [-0.2, 0) is 19.6 Å². The molecular formula is C15H23N7O5S3. The predicted molar refractivity (Wildman–Crippen MR) is 111 cm³/mol. The van der Waals surface area contributed by atoms with Crippen molar-refractivity contribution < 1.29 is 23.1 Å². The van der Waals surface area contributed by atoms with Crippen molar-refractivity contribution in [3.05, 3.63) is 11.3 Å². The van der Waals surface area contributed by atoms with E-state index in [0.717, 1.165) is 11.8 Å². The smallest absolute Gasteiger partial charge is 0.352 e. The summed E-state index contributed by atoms with van der Waals surface area (Å²) in [5, 5.41) is 22.6. The highest BCUT2D eigenvalue weighted by molar-refractivity contribution is 8.01. The fraction of sp³-hybridized carbons (Fsp3) is 0.667. The number of hydrogen-bond acceptors (Lipinski definition) is 10. The van der Waals surface area contributed by atoms with Gasteiger partial charge in [-0.05, 0) is 38.0 Å². The maximum absolute atomic E-state index is 12.5. The van der Waals surface area contributed by atoms with Gasteiger partial charge in [-0.15, -0.1) is 22.0 Å². The van der Waals surface area contributed by atoms with E-state index < -0.39 is 44.1 Å². The largest absolute Gasteiger partial charge is 0.477 e. The molecule has 2 aliphatic heterocycles. The zero-order chi connectivity index (χ0) is 22.3. The van der Waals surface area contributed by atoms with E-state index in [2.05, 4.69) is 25.3 Å². The molecule has 166 valence electrons. The van der Waals surface area contributed by atoms with Crippen LogP contribution in [-0.4, -0.2) is 84.6 Å². The second kappa shape index (κ2) is 8.45. The summed E-state index contributed by atoms with van der Waals surface area (Å²) in [6.45, 7) is 5.20. The molecule has 3 atom stereocenters. The lowest BCUT2D eigenvalue weighted by atomic mass is 10.0. The van der Waals surface area contributed by atoms with Gasteiger partial charge in [0, 0.05) is 16.5 Å². The van der Waals surface area contributed by atoms with E-state index in [-0.39, 0.29) is 23.0 Å². The second-order valence-electron chi connectivity index (χ2n) is 7.88. The van der Waals surface area contributed by atoms with Gasteiger partial charge < -0.3 is 10.8 Å². The van der Waals surface area contributed by atoms with Crippen LogP contribution in [0.25, 0.3) is 0 Å². The number of amides is 1. The summed E-state index contributed by atoms with van der Waals surface area (Å²) in [4.78, 5) is 25.4. The number of nitrogens with one attached hydrogen (secondary N) is 2. The summed E-state index contributed by atoms with van der Waals surface area (Å²) in [5.41, 5.74) is 5.44. The summed E-state index contributed by atoms with van der Waals surface area (Å²) < 4.78 is 27.6. The van der Waals surface area contributed by atoms with Gasteiger partial charge in [-0.3, -0.25) is 9.69 Å². The minimum Gasteiger partial charge on any atom is -0.477 e. The first-order chi connectivity index (χ1) is 13.9. The van der Waals surface area contributed by atoms with Crippen LogP contribution in [0.15, 0.2) is 16.4 Å². The number of tetrazole rings is 1. The van der Waals surface area contributed by atoms with Crippen molar-refractivity contribution in [2.75, 3.05) is 11.5 Å². The molecule has 5 N–H and O–H groups in total. The number of nitrogens with two attached hydrogens (primary N) is 1. The van der Waals surface area contributed by atoms with Crippen molar-refractivity contribution >= 4 is 45.4 Å². The number of fused-ring (bicyclic) bond motifs is 1. The van der Waals surface area contributed by atoms with Gasteiger partial charge in [-0.1, -0.05) is 11.8 Å². The number of H-pyrrole nitrogens is 1. The lowest BCUT2D eigenvalue weighted by Gasteiger charge is -2.48. The lowest BCUT2D eigenvalue weighted by Crippen LogP contribution is -2.68. The molecular weight excluding hydrogens is 454 g/mol. The standard InChI is InChI=1S/C15H23N7O5S3/c1-15(2,3)19-30(26,27)5-4-8(29-14-17-20-21-18-14)7-6-28-12-9(16)11(23)22(12)10(7)13(24)25/h8-9,12,19H,4-6,16H2,1-3H3,(H,24,25)(H,17,18,20,21)/t8?,9?,12-/m0/s1. The van der Waals surface area contributed by atoms with Gasteiger partial charge in [0.2, 0.25) is 21.1 Å². The van der Waals surface area contributed by atoms with Gasteiger partial charge in [-0.2, -0.15) is 5.21 Å². The summed E-state index contributed by atoms with van der Waals surface area (Å²) in [6, 6.07) is -0.745. The van der Waals surface area contributed by atoms with Crippen LogP contribution in [0.4, 0.5) is 0 Å². The van der Waals surface area contributed by atoms with Crippen LogP contribution in [0.3, 0.4) is 0 Å². The molecule has 0 saturated carbocycles. The Morgan fingerprint density at radius 3 is 2.77 bits per heavy atom. The molecule has 1 aromatic heterocycles. The zero-order valence-electron chi connectivity index (χ0n) is 16.5. The van der Waals surface area contributed by atoms with Crippen LogP contribution in [0.1, 0.15) is 27.2 Å². The van der Waals surface area contributed by atoms with E-state index in [1.165, 1.54) is 16.7 Å². The fourth-order valence-corrected chi connectivity index (χ4v) is 7.41. The van der Waals surface area contributed by atoms with E-state index in [1.54, 1.807) is 20.8 Å². The average molecular weight is 478 g/mol. The molecule has 1 saturated heterocycles. The first kappa shape index (κ1) is 23.0. The van der Waals surface area contributed by atoms with Crippen molar-refractivity contribution in [2.45, 2.75) is 54.6 Å². The number of hydrogen-bond donors (Lipinski definition) is 4. The Hall–Kier alpha value is -1.68. The Labute approximate surface area is 181 Å². The van der Waals surface area contributed by atoms with Gasteiger partial charge in [0.25, 0.3) is 0 Å². The number of rotatable bonds is 8. The highest BCUT2D eigenvalue weighted by Crippen LogP contribution is 2.43. The third kappa shape index (κ3) is 4.96. The van der Waals surface area contributed by atoms with E-state index in [9.17, 15) is 23.1 Å². The van der Waals surface area contributed by atoms with Gasteiger partial charge in [-0.25, -0.2) is 17.9 Å². The van der Waals surface area contributed by atoms with Crippen molar-refractivity contribution in [1.82, 2.24) is 30.2 Å². The number of carboxylic acids is 1. The maximum Gasteiger partial charge on any atom is 0.352 e. The average Bonchev–Trinajstić information content (AvgIpc) is 3.14. The molecule has 1 amide bonds. The molecule has 12 nitrogen and oxygen atoms in total. The number of aliphatic carboxylic acids is 1. The molecule has 0 radical (unpaired) electrons. The van der Waals surface area contributed by atoms with Crippen LogP contribution in [0.2, 0.25) is 0 Å². The molecule has 15 heteroatoms. The second-order valence-corrected chi connectivity index (χ2v) is 12.0. The van der Waals surface area contributed by atoms with E-state index >= 15 is 0 Å². The molecule has 1 aromatic rings. The molecule has 3 heterocycles. The van der Waals surface area contributed by atoms with E-state index in [0.29, 0.717) is 11.3 Å². The summed E-state index contributed by atoms with van der Waals surface area (Å²) in [6.07, 6.45) is 0.0933. The third-order valence-corrected chi connectivity index (χ3v) is 8.52. The van der Waals surface area contributed by atoms with Gasteiger partial charge in [0.15, 0.2) is 0 Å². The van der Waals surface area contributed by atoms with Crippen molar-refractivity contribution in [1.29, 1.82) is 0 Å². The van der Waals surface area contributed by atoms with Crippen LogP contribution in [0, 0.1) is 0 Å². The monoisotopic (exact) mass is 477 g/mol. The van der Waals surface area contributed by atoms with Gasteiger partial charge in [0.1, 0.15) is 17.1 Å². The normalized spacial score (nSPS) is 23.2. The predicted octanol–water partition coefficient (Wildman–Crippen LogP) is -0.650. The Kier molecular flexibility index (Phi) is 6.48. The number of β-lactam (4-membered cyclic amide) rings is 1. The Balaban J connectivity index is 1.91. The Bertz CT molecular complexity index is 958. The number of sulfonamides is 1. The number of nitrogens with zero attached hydrogens (tertiary/aromatic N) is 4. The van der Waals surface area contributed by atoms with Crippen molar-refractivity contribution in [3.63, 3.8) is 0 Å². The Morgan fingerprint density at radius 2 is 2.20 bits per heavy atom. The van der Waals surface area contributed by atoms with Gasteiger partial charge >= 0.3 is 5.97 Å². The molecule has 3 rings (SSSR count). The zero-order valence-corrected chi connectivity index (χ0v) is 19.0. The number of carbonyl (C=O) groups is 2. The fourth-order valence-electron chi connectivity index (χ4n) is 3.20. The Morgan fingerprint density at radius 1 is 1.50 bits per heavy atom. The van der Waals surface area contributed by atoms with Crippen LogP contribution in [0.5, 0.6) is 0 Å². The number of aromatic nitrogens is 4. The SMILES string of the molecule is CC(C)(C)NS(=O)(=O)CCC(Sc1nn[nH]n1)C1=C(C(=O)O)N2C(=O)C(N)[C@@H]2SC1. The highest BCUT2D eigenvalue weighted by Gasteiger charge is 2.52. The molecule has 1 fully saturated rings. The summed E-state index contributed by atoms with van der Waals surface area (Å²) >= 11 is 2.45. The number of thioether (sulfide) groups is 2. The molecule has 2 aliphatic rings. The molecule has 2 unspecified atom stereocenters. The quantitative estimate of drug-likeness (QED) is 0.275.